The molecule has 1 aliphatic heterocycles. The molecule has 3 rings (SSSR count). The Bertz CT molecular complexity index is 1110. The molecule has 10 nitrogen and oxygen atoms in total. The van der Waals surface area contributed by atoms with Gasteiger partial charge in [0.2, 0.25) is 0 Å². The lowest BCUT2D eigenvalue weighted by Crippen LogP contribution is -2.57. The highest BCUT2D eigenvalue weighted by atomic mass is 35.6. The fourth-order valence-corrected chi connectivity index (χ4v) is 3.87. The van der Waals surface area contributed by atoms with Crippen molar-refractivity contribution in [1.29, 1.82) is 0 Å². The number of benzene rings is 2. The van der Waals surface area contributed by atoms with E-state index >= 15 is 0 Å². The molecule has 0 bridgehead atoms. The quantitative estimate of drug-likeness (QED) is 0.205. The van der Waals surface area contributed by atoms with E-state index in [2.05, 4.69) is 5.16 Å². The first-order valence-corrected chi connectivity index (χ1v) is 12.2. The summed E-state index contributed by atoms with van der Waals surface area (Å²) in [5, 5.41) is 14.5. The number of hydrogen-bond acceptors (Lipinski definition) is 7. The van der Waals surface area contributed by atoms with E-state index in [-0.39, 0.29) is 26.0 Å². The zero-order valence-electron chi connectivity index (χ0n) is 19.6. The van der Waals surface area contributed by atoms with Gasteiger partial charge in [0.1, 0.15) is 12.6 Å². The Hall–Kier alpha value is -3.05. The summed E-state index contributed by atoms with van der Waals surface area (Å²) in [4.78, 5) is 49.0. The van der Waals surface area contributed by atoms with E-state index in [9.17, 15) is 19.5 Å². The first-order valence-electron chi connectivity index (χ1n) is 11.1. The molecule has 0 saturated carbocycles. The summed E-state index contributed by atoms with van der Waals surface area (Å²) in [5.41, 5.74) is 1.92. The summed E-state index contributed by atoms with van der Waals surface area (Å²) in [6.45, 7) is 1.32. The highest BCUT2D eigenvalue weighted by Gasteiger charge is 2.42. The van der Waals surface area contributed by atoms with Gasteiger partial charge in [-0.2, -0.15) is 5.06 Å². The van der Waals surface area contributed by atoms with Crippen LogP contribution in [0.15, 0.2) is 65.8 Å². The SMILES string of the molecule is CC(=NOC(=O)[C@@H]1CC[C@@H](N(OCc2ccccc2)C(=O)OC(Cl)(Cl)Cl)CN1C(=O)O)c1ccccc1. The molecule has 2 atom stereocenters. The Morgan fingerprint density at radius 2 is 1.68 bits per heavy atom. The molecule has 0 unspecified atom stereocenters. The van der Waals surface area contributed by atoms with Crippen molar-refractivity contribution in [2.75, 3.05) is 6.54 Å². The van der Waals surface area contributed by atoms with Crippen molar-refractivity contribution in [1.82, 2.24) is 9.96 Å². The molecule has 1 aliphatic rings. The van der Waals surface area contributed by atoms with E-state index in [1.807, 2.05) is 24.3 Å². The molecule has 198 valence electrons. The van der Waals surface area contributed by atoms with Crippen LogP contribution < -0.4 is 0 Å². The maximum Gasteiger partial charge on any atom is 0.437 e. The number of ether oxygens (including phenoxy) is 1. The van der Waals surface area contributed by atoms with Gasteiger partial charge in [0.05, 0.1) is 11.8 Å². The number of carbonyl (C=O) groups is 3. The number of likely N-dealkylation sites (tertiary alicyclic amines) is 1. The van der Waals surface area contributed by atoms with Crippen LogP contribution in [0.1, 0.15) is 30.9 Å². The van der Waals surface area contributed by atoms with Gasteiger partial charge >= 0.3 is 22.1 Å². The number of halogens is 3. The van der Waals surface area contributed by atoms with Gasteiger partial charge in [-0.25, -0.2) is 14.4 Å². The molecular weight excluding hydrogens is 549 g/mol. The van der Waals surface area contributed by atoms with Crippen LogP contribution in [-0.2, 0) is 25.8 Å². The lowest BCUT2D eigenvalue weighted by Gasteiger charge is -2.39. The molecule has 2 aromatic carbocycles. The number of piperidine rings is 1. The lowest BCUT2D eigenvalue weighted by molar-refractivity contribution is -0.184. The Balaban J connectivity index is 1.73. The van der Waals surface area contributed by atoms with E-state index in [1.165, 1.54) is 0 Å². The van der Waals surface area contributed by atoms with Crippen molar-refractivity contribution in [3.05, 3.63) is 71.8 Å². The van der Waals surface area contributed by atoms with Crippen molar-refractivity contribution in [2.45, 2.75) is 42.4 Å². The first kappa shape index (κ1) is 28.5. The van der Waals surface area contributed by atoms with Crippen molar-refractivity contribution in [3.63, 3.8) is 0 Å². The number of nitrogens with zero attached hydrogens (tertiary/aromatic N) is 3. The van der Waals surface area contributed by atoms with Gasteiger partial charge in [-0.05, 0) is 65.7 Å². The van der Waals surface area contributed by atoms with E-state index in [0.717, 1.165) is 21.1 Å². The van der Waals surface area contributed by atoms with Crippen LogP contribution in [0.4, 0.5) is 9.59 Å². The smallest absolute Gasteiger partial charge is 0.437 e. The van der Waals surface area contributed by atoms with E-state index in [0.29, 0.717) is 5.71 Å². The van der Waals surface area contributed by atoms with Gasteiger partial charge in [0.15, 0.2) is 0 Å². The number of alkyl halides is 3. The summed E-state index contributed by atoms with van der Waals surface area (Å²) in [5.74, 6) is -0.850. The molecule has 2 aromatic rings. The van der Waals surface area contributed by atoms with Crippen molar-refractivity contribution >= 4 is 58.7 Å². The molecule has 1 fully saturated rings. The third kappa shape index (κ3) is 8.50. The number of carboxylic acid groups (broad SMARTS) is 1. The zero-order valence-corrected chi connectivity index (χ0v) is 21.9. The molecule has 2 amide bonds. The summed E-state index contributed by atoms with van der Waals surface area (Å²) in [7, 11) is 0. The highest BCUT2D eigenvalue weighted by molar-refractivity contribution is 6.66. The molecule has 0 spiro atoms. The molecule has 13 heteroatoms. The minimum absolute atomic E-state index is 0.0158. The maximum absolute atomic E-state index is 12.7. The zero-order chi connectivity index (χ0) is 27.0. The second kappa shape index (κ2) is 13.0. The minimum atomic E-state index is -2.37. The van der Waals surface area contributed by atoms with Crippen molar-refractivity contribution < 1.29 is 33.9 Å². The lowest BCUT2D eigenvalue weighted by atomic mass is 9.98. The average Bonchev–Trinajstić information content (AvgIpc) is 2.87. The van der Waals surface area contributed by atoms with Gasteiger partial charge in [0.25, 0.3) is 0 Å². The fourth-order valence-electron chi connectivity index (χ4n) is 3.68. The Kier molecular flexibility index (Phi) is 9.99. The van der Waals surface area contributed by atoms with E-state index in [4.69, 9.17) is 49.2 Å². The third-order valence-corrected chi connectivity index (χ3v) is 5.70. The number of amides is 2. The third-order valence-electron chi connectivity index (χ3n) is 5.47. The summed E-state index contributed by atoms with van der Waals surface area (Å²) >= 11 is 16.8. The summed E-state index contributed by atoms with van der Waals surface area (Å²) in [6.07, 6.45) is -2.35. The standard InChI is InChI=1S/C24H24Cl3N3O7/c1-16(18-10-6-3-7-11-18)28-37-21(31)20-13-12-19(14-29(20)22(32)33)30(23(34)36-24(25,26)27)35-15-17-8-4-2-5-9-17/h2-11,19-20H,12-15H2,1H3,(H,32,33)/t19-,20+/m1/s1. The molecule has 0 radical (unpaired) electrons. The number of hydroxylamine groups is 2. The van der Waals surface area contributed by atoms with Crippen LogP contribution in [0.5, 0.6) is 0 Å². The average molecular weight is 573 g/mol. The van der Waals surface area contributed by atoms with Crippen LogP contribution in [0.3, 0.4) is 0 Å². The van der Waals surface area contributed by atoms with Crippen LogP contribution >= 0.6 is 34.8 Å². The Labute approximate surface area is 228 Å². The van der Waals surface area contributed by atoms with Crippen molar-refractivity contribution in [2.24, 2.45) is 5.16 Å². The molecular formula is C24H24Cl3N3O7. The van der Waals surface area contributed by atoms with Crippen LogP contribution in [0, 0.1) is 0 Å². The monoisotopic (exact) mass is 571 g/mol. The van der Waals surface area contributed by atoms with Gasteiger partial charge in [0, 0.05) is 6.54 Å². The van der Waals surface area contributed by atoms with E-state index in [1.54, 1.807) is 43.3 Å². The molecule has 0 aromatic heterocycles. The second-order valence-corrected chi connectivity index (χ2v) is 10.2. The topological polar surface area (TPSA) is 118 Å². The minimum Gasteiger partial charge on any atom is -0.465 e. The summed E-state index contributed by atoms with van der Waals surface area (Å²) < 4.78 is 2.43. The number of hydrogen-bond donors (Lipinski definition) is 1. The van der Waals surface area contributed by atoms with E-state index < -0.39 is 34.2 Å². The Morgan fingerprint density at radius 1 is 1.05 bits per heavy atom. The van der Waals surface area contributed by atoms with Crippen LogP contribution in [-0.4, -0.2) is 61.5 Å². The van der Waals surface area contributed by atoms with Gasteiger partial charge in [-0.3, -0.25) is 9.74 Å². The first-order chi connectivity index (χ1) is 17.5. The summed E-state index contributed by atoms with van der Waals surface area (Å²) in [6, 6.07) is 16.0. The van der Waals surface area contributed by atoms with Crippen LogP contribution in [0.2, 0.25) is 0 Å². The highest BCUT2D eigenvalue weighted by Crippen LogP contribution is 2.30. The molecule has 1 saturated heterocycles. The second-order valence-electron chi connectivity index (χ2n) is 8.03. The molecule has 1 heterocycles. The van der Waals surface area contributed by atoms with Crippen molar-refractivity contribution in [3.8, 4) is 0 Å². The normalized spacial score (nSPS) is 18.2. The predicted octanol–water partition coefficient (Wildman–Crippen LogP) is 5.36. The Morgan fingerprint density at radius 3 is 2.27 bits per heavy atom. The number of oxime groups is 1. The molecule has 37 heavy (non-hydrogen) atoms. The van der Waals surface area contributed by atoms with Gasteiger partial charge in [-0.15, -0.1) is 0 Å². The van der Waals surface area contributed by atoms with Gasteiger partial charge < -0.3 is 14.7 Å². The largest absolute Gasteiger partial charge is 0.465 e. The maximum atomic E-state index is 12.7. The molecule has 1 N–H and O–H groups in total. The van der Waals surface area contributed by atoms with Gasteiger partial charge in [-0.1, -0.05) is 65.8 Å². The predicted molar refractivity (Wildman–Crippen MR) is 136 cm³/mol. The number of carbonyl (C=O) groups excluding carboxylic acids is 2. The fraction of sp³-hybridized carbons (Fsp3) is 0.333. The molecule has 0 aliphatic carbocycles. The van der Waals surface area contributed by atoms with Crippen LogP contribution in [0.25, 0.3) is 0 Å². The number of rotatable bonds is 7.